The molecule has 0 saturated heterocycles. The van der Waals surface area contributed by atoms with Crippen molar-refractivity contribution in [2.75, 3.05) is 7.05 Å². The van der Waals surface area contributed by atoms with Crippen LogP contribution < -0.4 is 11.1 Å². The number of hydrogen-bond donors (Lipinski definition) is 2. The van der Waals surface area contributed by atoms with Gasteiger partial charge in [0, 0.05) is 19.2 Å². The van der Waals surface area contributed by atoms with Gasteiger partial charge >= 0.3 is 0 Å². The van der Waals surface area contributed by atoms with Crippen molar-refractivity contribution in [3.8, 4) is 0 Å². The second-order valence-corrected chi connectivity index (χ2v) is 2.98. The molecular formula is C9H18N2O. The van der Waals surface area contributed by atoms with E-state index in [1.807, 2.05) is 14.0 Å². The van der Waals surface area contributed by atoms with E-state index in [-0.39, 0.29) is 5.91 Å². The van der Waals surface area contributed by atoms with Gasteiger partial charge in [-0.25, -0.2) is 0 Å². The van der Waals surface area contributed by atoms with E-state index in [2.05, 4.69) is 12.2 Å². The summed E-state index contributed by atoms with van der Waals surface area (Å²) < 4.78 is 0. The van der Waals surface area contributed by atoms with Gasteiger partial charge in [-0.05, 0) is 26.7 Å². The normalized spacial score (nSPS) is 12.2. The lowest BCUT2D eigenvalue weighted by atomic mass is 10.1. The zero-order valence-electron chi connectivity index (χ0n) is 8.11. The summed E-state index contributed by atoms with van der Waals surface area (Å²) in [5, 5.41) is 3.07. The Labute approximate surface area is 74.0 Å². The molecule has 0 aliphatic rings. The number of rotatable bonds is 5. The Balaban J connectivity index is 3.71. The van der Waals surface area contributed by atoms with Crippen molar-refractivity contribution in [2.45, 2.75) is 33.1 Å². The molecule has 0 saturated carbocycles. The van der Waals surface area contributed by atoms with Crippen LogP contribution in [0.25, 0.3) is 0 Å². The van der Waals surface area contributed by atoms with Crippen molar-refractivity contribution < 1.29 is 4.79 Å². The van der Waals surface area contributed by atoms with Crippen LogP contribution in [0, 0.1) is 0 Å². The van der Waals surface area contributed by atoms with Gasteiger partial charge in [0.2, 0.25) is 5.91 Å². The highest BCUT2D eigenvalue weighted by atomic mass is 16.1. The Hall–Kier alpha value is -0.990. The fourth-order valence-electron chi connectivity index (χ4n) is 0.929. The molecule has 0 spiro atoms. The lowest BCUT2D eigenvalue weighted by Gasteiger charge is -2.05. The summed E-state index contributed by atoms with van der Waals surface area (Å²) in [4.78, 5) is 10.4. The van der Waals surface area contributed by atoms with Crippen molar-refractivity contribution >= 4 is 5.91 Å². The number of carbonyl (C=O) groups is 1. The quantitative estimate of drug-likeness (QED) is 0.650. The van der Waals surface area contributed by atoms with Gasteiger partial charge in [-0.15, -0.1) is 0 Å². The summed E-state index contributed by atoms with van der Waals surface area (Å²) in [5.41, 5.74) is 7.49. The third-order valence-electron chi connectivity index (χ3n) is 1.99. The first-order valence-corrected chi connectivity index (χ1v) is 4.20. The SMILES string of the molecule is CN/C(C)=C(\C)CCCC(N)=O. The summed E-state index contributed by atoms with van der Waals surface area (Å²) in [6, 6.07) is 0. The van der Waals surface area contributed by atoms with E-state index in [0.717, 1.165) is 12.8 Å². The van der Waals surface area contributed by atoms with Crippen LogP contribution in [0.4, 0.5) is 0 Å². The molecule has 0 aliphatic carbocycles. The molecule has 0 rings (SSSR count). The maximum atomic E-state index is 10.4. The third kappa shape index (κ3) is 4.77. The molecule has 0 fully saturated rings. The molecule has 0 heterocycles. The molecule has 0 aromatic rings. The number of allylic oxidation sites excluding steroid dienone is 2. The summed E-state index contributed by atoms with van der Waals surface area (Å²) in [5.74, 6) is -0.218. The average molecular weight is 170 g/mol. The number of nitrogens with one attached hydrogen (secondary N) is 1. The van der Waals surface area contributed by atoms with E-state index in [1.165, 1.54) is 11.3 Å². The van der Waals surface area contributed by atoms with Crippen molar-refractivity contribution in [1.82, 2.24) is 5.32 Å². The third-order valence-corrected chi connectivity index (χ3v) is 1.99. The minimum atomic E-state index is -0.218. The van der Waals surface area contributed by atoms with Gasteiger partial charge in [-0.2, -0.15) is 0 Å². The standard InChI is InChI=1S/C9H18N2O/c1-7(8(2)11-3)5-4-6-9(10)12/h11H,4-6H2,1-3H3,(H2,10,12)/b8-7+. The second-order valence-electron chi connectivity index (χ2n) is 2.98. The molecule has 3 nitrogen and oxygen atoms in total. The van der Waals surface area contributed by atoms with Gasteiger partial charge in [-0.3, -0.25) is 4.79 Å². The molecule has 0 aromatic carbocycles. The zero-order valence-corrected chi connectivity index (χ0v) is 8.11. The van der Waals surface area contributed by atoms with Gasteiger partial charge in [-0.1, -0.05) is 5.57 Å². The summed E-state index contributed by atoms with van der Waals surface area (Å²) in [6.45, 7) is 4.09. The van der Waals surface area contributed by atoms with E-state index in [9.17, 15) is 4.79 Å². The van der Waals surface area contributed by atoms with Crippen molar-refractivity contribution in [3.63, 3.8) is 0 Å². The van der Waals surface area contributed by atoms with Crippen LogP contribution in [-0.2, 0) is 4.79 Å². The molecule has 0 aliphatic heterocycles. The summed E-state index contributed by atoms with van der Waals surface area (Å²) in [6.07, 6.45) is 2.27. The molecule has 70 valence electrons. The van der Waals surface area contributed by atoms with Crippen molar-refractivity contribution in [2.24, 2.45) is 5.73 Å². The molecule has 0 unspecified atom stereocenters. The Morgan fingerprint density at radius 3 is 2.33 bits per heavy atom. The largest absolute Gasteiger partial charge is 0.392 e. The average Bonchev–Trinajstić information content (AvgIpc) is 2.02. The first-order valence-electron chi connectivity index (χ1n) is 4.20. The first-order chi connectivity index (χ1) is 5.57. The zero-order chi connectivity index (χ0) is 9.56. The highest BCUT2D eigenvalue weighted by Gasteiger charge is 1.97. The minimum absolute atomic E-state index is 0.218. The van der Waals surface area contributed by atoms with Crippen LogP contribution >= 0.6 is 0 Å². The van der Waals surface area contributed by atoms with E-state index in [1.54, 1.807) is 0 Å². The molecule has 0 aromatic heterocycles. The molecule has 0 atom stereocenters. The summed E-state index contributed by atoms with van der Waals surface area (Å²) >= 11 is 0. The van der Waals surface area contributed by atoms with E-state index < -0.39 is 0 Å². The number of primary amides is 1. The minimum Gasteiger partial charge on any atom is -0.392 e. The lowest BCUT2D eigenvalue weighted by Crippen LogP contribution is -2.10. The maximum Gasteiger partial charge on any atom is 0.217 e. The van der Waals surface area contributed by atoms with Gasteiger partial charge in [0.15, 0.2) is 0 Å². The molecule has 12 heavy (non-hydrogen) atoms. The Bertz CT molecular complexity index is 185. The maximum absolute atomic E-state index is 10.4. The van der Waals surface area contributed by atoms with Crippen LogP contribution in [0.15, 0.2) is 11.3 Å². The van der Waals surface area contributed by atoms with E-state index >= 15 is 0 Å². The van der Waals surface area contributed by atoms with Gasteiger partial charge < -0.3 is 11.1 Å². The summed E-state index contributed by atoms with van der Waals surface area (Å²) in [7, 11) is 1.90. The van der Waals surface area contributed by atoms with Gasteiger partial charge in [0.1, 0.15) is 0 Å². The van der Waals surface area contributed by atoms with Crippen LogP contribution in [-0.4, -0.2) is 13.0 Å². The Morgan fingerprint density at radius 2 is 1.92 bits per heavy atom. The van der Waals surface area contributed by atoms with Gasteiger partial charge in [0.25, 0.3) is 0 Å². The number of hydrogen-bond acceptors (Lipinski definition) is 2. The molecule has 3 heteroatoms. The highest BCUT2D eigenvalue weighted by molar-refractivity contribution is 5.73. The van der Waals surface area contributed by atoms with Crippen LogP contribution in [0.3, 0.4) is 0 Å². The van der Waals surface area contributed by atoms with Crippen molar-refractivity contribution in [3.05, 3.63) is 11.3 Å². The lowest BCUT2D eigenvalue weighted by molar-refractivity contribution is -0.118. The fraction of sp³-hybridized carbons (Fsp3) is 0.667. The van der Waals surface area contributed by atoms with Crippen LogP contribution in [0.5, 0.6) is 0 Å². The first kappa shape index (κ1) is 11.0. The topological polar surface area (TPSA) is 55.1 Å². The number of nitrogens with two attached hydrogens (primary N) is 1. The molecule has 1 amide bonds. The van der Waals surface area contributed by atoms with E-state index in [4.69, 9.17) is 5.73 Å². The van der Waals surface area contributed by atoms with Crippen LogP contribution in [0.2, 0.25) is 0 Å². The van der Waals surface area contributed by atoms with Gasteiger partial charge in [0.05, 0.1) is 0 Å². The molecule has 0 bridgehead atoms. The smallest absolute Gasteiger partial charge is 0.217 e. The van der Waals surface area contributed by atoms with Crippen LogP contribution in [0.1, 0.15) is 33.1 Å². The second kappa shape index (κ2) is 5.63. The highest BCUT2D eigenvalue weighted by Crippen LogP contribution is 2.09. The predicted octanol–water partition coefficient (Wildman–Crippen LogP) is 1.16. The number of carbonyl (C=O) groups excluding carboxylic acids is 1. The fourth-order valence-corrected chi connectivity index (χ4v) is 0.929. The van der Waals surface area contributed by atoms with E-state index in [0.29, 0.717) is 6.42 Å². The monoisotopic (exact) mass is 170 g/mol. The molecule has 3 N–H and O–H groups in total. The molecular weight excluding hydrogens is 152 g/mol. The molecule has 0 radical (unpaired) electrons. The van der Waals surface area contributed by atoms with Crippen molar-refractivity contribution in [1.29, 1.82) is 0 Å². The Morgan fingerprint density at radius 1 is 1.33 bits per heavy atom. The number of amides is 1. The predicted molar refractivity (Wildman–Crippen MR) is 50.5 cm³/mol. The Kier molecular flexibility index (Phi) is 5.17.